The van der Waals surface area contributed by atoms with Gasteiger partial charge in [-0.15, -0.1) is 11.3 Å². The first-order chi connectivity index (χ1) is 11.4. The monoisotopic (exact) mass is 382 g/mol. The quantitative estimate of drug-likeness (QED) is 0.441. The minimum absolute atomic E-state index is 0.0205. The standard InChI is InChI=1S/C14H18N6OS3/c1-7-16-8(4-22-7)5-23-13-18-10-9(24-12(15)17-10)11(19-13)20-14(2,3)6-21/h4,21H,5-6H2,1-3H3,(H3,15,17,18,19,20). The van der Waals surface area contributed by atoms with Crippen molar-refractivity contribution in [2.45, 2.75) is 37.2 Å². The first-order valence-electron chi connectivity index (χ1n) is 7.23. The van der Waals surface area contributed by atoms with E-state index in [0.717, 1.165) is 15.4 Å². The van der Waals surface area contributed by atoms with Crippen LogP contribution in [0.25, 0.3) is 10.3 Å². The van der Waals surface area contributed by atoms with Crippen LogP contribution in [0.3, 0.4) is 0 Å². The Hall–Kier alpha value is -1.49. The summed E-state index contributed by atoms with van der Waals surface area (Å²) in [6.45, 7) is 5.76. The van der Waals surface area contributed by atoms with Crippen molar-refractivity contribution in [2.75, 3.05) is 17.7 Å². The van der Waals surface area contributed by atoms with Crippen molar-refractivity contribution in [1.82, 2.24) is 19.9 Å². The molecule has 128 valence electrons. The summed E-state index contributed by atoms with van der Waals surface area (Å²) in [6, 6.07) is 0. The van der Waals surface area contributed by atoms with Crippen LogP contribution < -0.4 is 11.1 Å². The van der Waals surface area contributed by atoms with Crippen LogP contribution in [-0.4, -0.2) is 37.2 Å². The van der Waals surface area contributed by atoms with Gasteiger partial charge in [-0.25, -0.2) is 19.9 Å². The van der Waals surface area contributed by atoms with Gasteiger partial charge < -0.3 is 16.2 Å². The molecular weight excluding hydrogens is 364 g/mol. The fourth-order valence-electron chi connectivity index (χ4n) is 1.94. The number of thioether (sulfide) groups is 1. The number of aryl methyl sites for hydroxylation is 1. The van der Waals surface area contributed by atoms with Crippen molar-refractivity contribution >= 4 is 55.7 Å². The molecule has 0 spiro atoms. The highest BCUT2D eigenvalue weighted by Gasteiger charge is 2.21. The molecule has 4 N–H and O–H groups in total. The first-order valence-corrected chi connectivity index (χ1v) is 9.91. The van der Waals surface area contributed by atoms with Crippen molar-refractivity contribution < 1.29 is 5.11 Å². The molecule has 0 aliphatic rings. The number of nitrogens with one attached hydrogen (secondary N) is 1. The largest absolute Gasteiger partial charge is 0.394 e. The molecule has 0 aliphatic heterocycles. The summed E-state index contributed by atoms with van der Waals surface area (Å²) in [5.74, 6) is 1.34. The Kier molecular flexibility index (Phi) is 4.90. The number of fused-ring (bicyclic) bond motifs is 1. The van der Waals surface area contributed by atoms with E-state index >= 15 is 0 Å². The number of nitrogen functional groups attached to an aromatic ring is 1. The summed E-state index contributed by atoms with van der Waals surface area (Å²) in [6.07, 6.45) is 0. The third-order valence-electron chi connectivity index (χ3n) is 3.12. The van der Waals surface area contributed by atoms with E-state index in [1.165, 1.54) is 23.1 Å². The number of hydrogen-bond donors (Lipinski definition) is 3. The maximum absolute atomic E-state index is 9.50. The highest BCUT2D eigenvalue weighted by molar-refractivity contribution is 7.98. The van der Waals surface area contributed by atoms with E-state index in [4.69, 9.17) is 5.73 Å². The van der Waals surface area contributed by atoms with Crippen molar-refractivity contribution in [1.29, 1.82) is 0 Å². The summed E-state index contributed by atoms with van der Waals surface area (Å²) in [4.78, 5) is 17.8. The van der Waals surface area contributed by atoms with Gasteiger partial charge in [-0.05, 0) is 20.8 Å². The molecule has 3 heterocycles. The number of aliphatic hydroxyl groups is 1. The van der Waals surface area contributed by atoms with Gasteiger partial charge in [-0.2, -0.15) is 0 Å². The van der Waals surface area contributed by atoms with E-state index in [-0.39, 0.29) is 6.61 Å². The molecule has 0 aromatic carbocycles. The van der Waals surface area contributed by atoms with Crippen LogP contribution in [-0.2, 0) is 5.75 Å². The number of aromatic nitrogens is 4. The zero-order chi connectivity index (χ0) is 17.3. The number of aliphatic hydroxyl groups excluding tert-OH is 1. The Morgan fingerprint density at radius 2 is 2.08 bits per heavy atom. The minimum Gasteiger partial charge on any atom is -0.394 e. The first kappa shape index (κ1) is 17.3. The van der Waals surface area contributed by atoms with Gasteiger partial charge in [0.05, 0.1) is 22.8 Å². The third kappa shape index (κ3) is 3.94. The average molecular weight is 383 g/mol. The average Bonchev–Trinajstić information content (AvgIpc) is 3.10. The predicted molar refractivity (Wildman–Crippen MR) is 101 cm³/mol. The van der Waals surface area contributed by atoms with E-state index in [9.17, 15) is 5.11 Å². The number of anilines is 2. The fourth-order valence-corrected chi connectivity index (χ4v) is 4.11. The van der Waals surface area contributed by atoms with Crippen LogP contribution in [0.4, 0.5) is 10.9 Å². The molecular formula is C14H18N6OS3. The van der Waals surface area contributed by atoms with Crippen LogP contribution in [0.1, 0.15) is 24.5 Å². The molecule has 24 heavy (non-hydrogen) atoms. The van der Waals surface area contributed by atoms with Crippen molar-refractivity contribution in [3.63, 3.8) is 0 Å². The molecule has 0 fully saturated rings. The minimum atomic E-state index is -0.506. The van der Waals surface area contributed by atoms with Crippen molar-refractivity contribution in [3.05, 3.63) is 16.1 Å². The Balaban J connectivity index is 1.90. The molecule has 0 saturated heterocycles. The topological polar surface area (TPSA) is 110 Å². The predicted octanol–water partition coefficient (Wildman–Crippen LogP) is 2.91. The van der Waals surface area contributed by atoms with E-state index in [1.54, 1.807) is 11.3 Å². The molecule has 0 aliphatic carbocycles. The van der Waals surface area contributed by atoms with E-state index in [1.807, 2.05) is 26.2 Å². The van der Waals surface area contributed by atoms with Gasteiger partial charge in [0.2, 0.25) is 0 Å². The van der Waals surface area contributed by atoms with Gasteiger partial charge in [-0.1, -0.05) is 23.1 Å². The van der Waals surface area contributed by atoms with Crippen LogP contribution in [0.15, 0.2) is 10.5 Å². The van der Waals surface area contributed by atoms with Crippen LogP contribution in [0.2, 0.25) is 0 Å². The smallest absolute Gasteiger partial charge is 0.192 e. The number of rotatable bonds is 6. The maximum atomic E-state index is 9.50. The Labute approximate surface area is 151 Å². The summed E-state index contributed by atoms with van der Waals surface area (Å²) in [7, 11) is 0. The molecule has 0 amide bonds. The van der Waals surface area contributed by atoms with Crippen LogP contribution >= 0.6 is 34.4 Å². The number of hydrogen-bond acceptors (Lipinski definition) is 10. The molecule has 3 aromatic rings. The van der Waals surface area contributed by atoms with Crippen molar-refractivity contribution in [2.24, 2.45) is 0 Å². The third-order valence-corrected chi connectivity index (χ3v) is 5.70. The number of nitrogens with two attached hydrogens (primary N) is 1. The van der Waals surface area contributed by atoms with Gasteiger partial charge in [0.25, 0.3) is 0 Å². The van der Waals surface area contributed by atoms with Crippen molar-refractivity contribution in [3.8, 4) is 0 Å². The normalized spacial score (nSPS) is 12.0. The molecule has 3 aromatic heterocycles. The SMILES string of the molecule is Cc1nc(CSc2nc(NC(C)(C)CO)c3sc(N)nc3n2)cs1. The molecule has 10 heteroatoms. The zero-order valence-corrected chi connectivity index (χ0v) is 16.0. The number of nitrogens with zero attached hydrogens (tertiary/aromatic N) is 4. The summed E-state index contributed by atoms with van der Waals surface area (Å²) in [5, 5.41) is 16.9. The molecule has 0 saturated carbocycles. The summed E-state index contributed by atoms with van der Waals surface area (Å²) >= 11 is 4.46. The second-order valence-corrected chi connectivity index (χ2v) is 8.91. The summed E-state index contributed by atoms with van der Waals surface area (Å²) < 4.78 is 0.794. The molecule has 0 atom stereocenters. The Bertz CT molecular complexity index is 859. The molecule has 0 bridgehead atoms. The highest BCUT2D eigenvalue weighted by Crippen LogP contribution is 2.32. The lowest BCUT2D eigenvalue weighted by Gasteiger charge is -2.24. The van der Waals surface area contributed by atoms with Crippen LogP contribution in [0.5, 0.6) is 0 Å². The lowest BCUT2D eigenvalue weighted by atomic mass is 10.1. The fraction of sp³-hybridized carbons (Fsp3) is 0.429. The molecule has 7 nitrogen and oxygen atoms in total. The Morgan fingerprint density at radius 1 is 1.29 bits per heavy atom. The lowest BCUT2D eigenvalue weighted by Crippen LogP contribution is -2.35. The van der Waals surface area contributed by atoms with E-state index in [0.29, 0.717) is 27.5 Å². The van der Waals surface area contributed by atoms with E-state index < -0.39 is 5.54 Å². The van der Waals surface area contributed by atoms with Gasteiger partial charge in [0.15, 0.2) is 21.8 Å². The highest BCUT2D eigenvalue weighted by atomic mass is 32.2. The summed E-state index contributed by atoms with van der Waals surface area (Å²) in [5.41, 5.74) is 6.89. The number of thiazole rings is 2. The molecule has 0 radical (unpaired) electrons. The lowest BCUT2D eigenvalue weighted by molar-refractivity contribution is 0.234. The van der Waals surface area contributed by atoms with Gasteiger partial charge >= 0.3 is 0 Å². The van der Waals surface area contributed by atoms with E-state index in [2.05, 4.69) is 25.3 Å². The second-order valence-electron chi connectivity index (χ2n) is 5.87. The maximum Gasteiger partial charge on any atom is 0.192 e. The van der Waals surface area contributed by atoms with Gasteiger partial charge in [0, 0.05) is 11.1 Å². The van der Waals surface area contributed by atoms with Gasteiger partial charge in [-0.3, -0.25) is 0 Å². The zero-order valence-electron chi connectivity index (χ0n) is 13.5. The second kappa shape index (κ2) is 6.79. The van der Waals surface area contributed by atoms with Gasteiger partial charge in [0.1, 0.15) is 4.70 Å². The molecule has 3 rings (SSSR count). The molecule has 0 unspecified atom stereocenters. The Morgan fingerprint density at radius 3 is 2.75 bits per heavy atom. The van der Waals surface area contributed by atoms with Crippen LogP contribution in [0, 0.1) is 6.92 Å².